The quantitative estimate of drug-likeness (QED) is 0.528. The Bertz CT molecular complexity index is 972. The molecule has 0 saturated carbocycles. The van der Waals surface area contributed by atoms with Gasteiger partial charge in [0, 0.05) is 25.0 Å². The molecule has 1 saturated heterocycles. The number of aliphatic hydroxyl groups is 1. The van der Waals surface area contributed by atoms with E-state index in [2.05, 4.69) is 17.1 Å². The molecule has 1 N–H and O–H groups in total. The first-order valence-corrected chi connectivity index (χ1v) is 11.5. The summed E-state index contributed by atoms with van der Waals surface area (Å²) in [5.41, 5.74) is 2.90. The number of aromatic nitrogens is 1. The molecule has 1 aromatic heterocycles. The lowest BCUT2D eigenvalue weighted by atomic mass is 10.1. The van der Waals surface area contributed by atoms with E-state index >= 15 is 0 Å². The second-order valence-electron chi connectivity index (χ2n) is 7.55. The monoisotopic (exact) mass is 434 g/mol. The Morgan fingerprint density at radius 2 is 1.71 bits per heavy atom. The highest BCUT2D eigenvalue weighted by molar-refractivity contribution is 7.99. The van der Waals surface area contributed by atoms with Crippen molar-refractivity contribution in [1.29, 1.82) is 0 Å². The van der Waals surface area contributed by atoms with Gasteiger partial charge in [-0.3, -0.25) is 4.79 Å². The number of likely N-dealkylation sites (tertiary alicyclic amines) is 1. The number of thioether (sulfide) groups is 1. The molecule has 160 valence electrons. The first-order chi connectivity index (χ1) is 15.2. The number of benzene rings is 2. The summed E-state index contributed by atoms with van der Waals surface area (Å²) < 4.78 is 5.72. The fourth-order valence-electron chi connectivity index (χ4n) is 3.49. The zero-order valence-corrected chi connectivity index (χ0v) is 18.1. The van der Waals surface area contributed by atoms with Gasteiger partial charge in [0.25, 0.3) is 5.91 Å². The molecule has 1 fully saturated rings. The predicted octanol–water partition coefficient (Wildman–Crippen LogP) is 4.52. The van der Waals surface area contributed by atoms with E-state index in [1.54, 1.807) is 6.20 Å². The lowest BCUT2D eigenvalue weighted by Crippen LogP contribution is -2.27. The zero-order valence-electron chi connectivity index (χ0n) is 17.3. The lowest BCUT2D eigenvalue weighted by Gasteiger charge is -2.15. The maximum absolute atomic E-state index is 12.4. The van der Waals surface area contributed by atoms with Crippen molar-refractivity contribution >= 4 is 17.7 Å². The van der Waals surface area contributed by atoms with Crippen molar-refractivity contribution in [2.45, 2.75) is 24.0 Å². The largest absolute Gasteiger partial charge is 0.491 e. The highest BCUT2D eigenvalue weighted by Crippen LogP contribution is 2.23. The number of hydrogen-bond acceptors (Lipinski definition) is 5. The van der Waals surface area contributed by atoms with Crippen LogP contribution >= 0.6 is 11.8 Å². The van der Waals surface area contributed by atoms with Gasteiger partial charge in [0.15, 0.2) is 0 Å². The Morgan fingerprint density at radius 3 is 2.39 bits per heavy atom. The summed E-state index contributed by atoms with van der Waals surface area (Å²) in [7, 11) is 0. The molecule has 1 aliphatic rings. The van der Waals surface area contributed by atoms with Crippen molar-refractivity contribution in [3.05, 3.63) is 78.5 Å². The summed E-state index contributed by atoms with van der Waals surface area (Å²) in [6.07, 6.45) is 3.15. The van der Waals surface area contributed by atoms with E-state index in [0.29, 0.717) is 11.3 Å². The van der Waals surface area contributed by atoms with Gasteiger partial charge in [0.1, 0.15) is 12.4 Å². The Balaban J connectivity index is 1.22. The number of nitrogens with zero attached hydrogens (tertiary/aromatic N) is 2. The summed E-state index contributed by atoms with van der Waals surface area (Å²) in [5, 5.41) is 11.0. The van der Waals surface area contributed by atoms with Gasteiger partial charge in [-0.2, -0.15) is 0 Å². The molecule has 0 aliphatic carbocycles. The molecular formula is C25H26N2O3S. The highest BCUT2D eigenvalue weighted by Gasteiger charge is 2.19. The van der Waals surface area contributed by atoms with E-state index in [4.69, 9.17) is 4.74 Å². The number of pyridine rings is 1. The third-order valence-electron chi connectivity index (χ3n) is 5.20. The van der Waals surface area contributed by atoms with Crippen LogP contribution in [-0.2, 0) is 0 Å². The molecule has 1 aliphatic heterocycles. The van der Waals surface area contributed by atoms with E-state index in [-0.39, 0.29) is 12.5 Å². The molecule has 1 unspecified atom stereocenters. The standard InChI is InChI=1S/C25H26N2O3S/c28-22(17-30-23-11-8-20(9-12-23)19-6-2-1-3-7-19)18-31-24-13-10-21(16-26-24)25(29)27-14-4-5-15-27/h1-3,6-13,16,22,28H,4-5,14-15,17-18H2. The molecule has 0 spiro atoms. The van der Waals surface area contributed by atoms with Crippen LogP contribution in [0, 0.1) is 0 Å². The minimum atomic E-state index is -0.619. The summed E-state index contributed by atoms with van der Waals surface area (Å²) in [5.74, 6) is 1.24. The Kier molecular flexibility index (Phi) is 7.22. The number of carbonyl (C=O) groups is 1. The van der Waals surface area contributed by atoms with Crippen molar-refractivity contribution in [3.63, 3.8) is 0 Å². The molecule has 3 aromatic rings. The average molecular weight is 435 g/mol. The predicted molar refractivity (Wildman–Crippen MR) is 123 cm³/mol. The van der Waals surface area contributed by atoms with Gasteiger partial charge in [-0.25, -0.2) is 4.98 Å². The first-order valence-electron chi connectivity index (χ1n) is 10.5. The highest BCUT2D eigenvalue weighted by atomic mass is 32.2. The van der Waals surface area contributed by atoms with E-state index in [1.165, 1.54) is 11.8 Å². The Morgan fingerprint density at radius 1 is 1.00 bits per heavy atom. The van der Waals surface area contributed by atoms with Crippen LogP contribution in [0.5, 0.6) is 5.75 Å². The second-order valence-corrected chi connectivity index (χ2v) is 8.59. The molecule has 2 aromatic carbocycles. The zero-order chi connectivity index (χ0) is 21.5. The smallest absolute Gasteiger partial charge is 0.255 e. The Labute approximate surface area is 187 Å². The minimum Gasteiger partial charge on any atom is -0.491 e. The van der Waals surface area contributed by atoms with Crippen LogP contribution in [0.4, 0.5) is 0 Å². The lowest BCUT2D eigenvalue weighted by molar-refractivity contribution is 0.0792. The van der Waals surface area contributed by atoms with Crippen LogP contribution in [-0.4, -0.2) is 52.5 Å². The van der Waals surface area contributed by atoms with Crippen LogP contribution in [0.25, 0.3) is 11.1 Å². The van der Waals surface area contributed by atoms with Crippen LogP contribution in [0.3, 0.4) is 0 Å². The van der Waals surface area contributed by atoms with Gasteiger partial charge >= 0.3 is 0 Å². The summed E-state index contributed by atoms with van der Waals surface area (Å²) in [6, 6.07) is 21.7. The van der Waals surface area contributed by atoms with Crippen LogP contribution < -0.4 is 4.74 Å². The normalized spacial score (nSPS) is 14.4. The number of amides is 1. The number of hydrogen-bond donors (Lipinski definition) is 1. The van der Waals surface area contributed by atoms with Crippen molar-refractivity contribution in [3.8, 4) is 16.9 Å². The number of aliphatic hydroxyl groups excluding tert-OH is 1. The van der Waals surface area contributed by atoms with E-state index in [9.17, 15) is 9.90 Å². The SMILES string of the molecule is O=C(c1ccc(SCC(O)COc2ccc(-c3ccccc3)cc2)nc1)N1CCCC1. The second kappa shape index (κ2) is 10.5. The molecule has 1 amide bonds. The molecule has 5 nitrogen and oxygen atoms in total. The van der Waals surface area contributed by atoms with Crippen LogP contribution in [0.2, 0.25) is 0 Å². The molecule has 1 atom stereocenters. The molecular weight excluding hydrogens is 408 g/mol. The maximum Gasteiger partial charge on any atom is 0.255 e. The third-order valence-corrected chi connectivity index (χ3v) is 6.29. The van der Waals surface area contributed by atoms with Crippen molar-refractivity contribution < 1.29 is 14.6 Å². The molecule has 0 radical (unpaired) electrons. The Hall–Kier alpha value is -2.83. The average Bonchev–Trinajstić information content (AvgIpc) is 3.37. The minimum absolute atomic E-state index is 0.0493. The molecule has 2 heterocycles. The fraction of sp³-hybridized carbons (Fsp3) is 0.280. The van der Waals surface area contributed by atoms with Crippen molar-refractivity contribution in [2.24, 2.45) is 0 Å². The maximum atomic E-state index is 12.4. The van der Waals surface area contributed by atoms with Crippen LogP contribution in [0.1, 0.15) is 23.2 Å². The summed E-state index contributed by atoms with van der Waals surface area (Å²) in [6.45, 7) is 1.87. The summed E-state index contributed by atoms with van der Waals surface area (Å²) >= 11 is 1.45. The van der Waals surface area contributed by atoms with Gasteiger partial charge in [-0.15, -0.1) is 11.8 Å². The molecule has 31 heavy (non-hydrogen) atoms. The van der Waals surface area contributed by atoms with Crippen LogP contribution in [0.15, 0.2) is 78.0 Å². The van der Waals surface area contributed by atoms with Crippen molar-refractivity contribution in [2.75, 3.05) is 25.4 Å². The molecule has 4 rings (SSSR count). The summed E-state index contributed by atoms with van der Waals surface area (Å²) in [4.78, 5) is 18.6. The van der Waals surface area contributed by atoms with Gasteiger partial charge < -0.3 is 14.7 Å². The first kappa shape index (κ1) is 21.4. The molecule has 0 bridgehead atoms. The fourth-order valence-corrected chi connectivity index (χ4v) is 4.24. The van der Waals surface area contributed by atoms with Crippen molar-refractivity contribution in [1.82, 2.24) is 9.88 Å². The van der Waals surface area contributed by atoms with E-state index in [0.717, 1.165) is 47.8 Å². The number of ether oxygens (including phenoxy) is 1. The number of carbonyl (C=O) groups excluding carboxylic acids is 1. The van der Waals surface area contributed by atoms with E-state index < -0.39 is 6.10 Å². The van der Waals surface area contributed by atoms with Gasteiger partial charge in [0.05, 0.1) is 16.7 Å². The van der Waals surface area contributed by atoms with Gasteiger partial charge in [-0.1, -0.05) is 42.5 Å². The van der Waals surface area contributed by atoms with Gasteiger partial charge in [0.2, 0.25) is 0 Å². The van der Waals surface area contributed by atoms with E-state index in [1.807, 2.05) is 59.5 Å². The number of rotatable bonds is 8. The van der Waals surface area contributed by atoms with Gasteiger partial charge in [-0.05, 0) is 48.2 Å². The topological polar surface area (TPSA) is 62.7 Å². The molecule has 6 heteroatoms. The third kappa shape index (κ3) is 5.87.